The Hall–Kier alpha value is -0.860. The van der Waals surface area contributed by atoms with E-state index in [1.54, 1.807) is 0 Å². The van der Waals surface area contributed by atoms with Gasteiger partial charge in [0, 0.05) is 19.6 Å². The highest BCUT2D eigenvalue weighted by molar-refractivity contribution is 5.14. The molecule has 0 aliphatic rings. The third kappa shape index (κ3) is 7.66. The molecule has 20 heavy (non-hydrogen) atoms. The van der Waals surface area contributed by atoms with Gasteiger partial charge in [0.1, 0.15) is 0 Å². The van der Waals surface area contributed by atoms with Gasteiger partial charge in [-0.25, -0.2) is 0 Å². The second kappa shape index (κ2) is 8.43. The Morgan fingerprint density at radius 2 is 1.80 bits per heavy atom. The Balaban J connectivity index is 2.27. The van der Waals surface area contributed by atoms with Crippen LogP contribution in [0.4, 0.5) is 0 Å². The van der Waals surface area contributed by atoms with E-state index >= 15 is 0 Å². The van der Waals surface area contributed by atoms with Crippen LogP contribution in [0.5, 0.6) is 0 Å². The van der Waals surface area contributed by atoms with Crippen molar-refractivity contribution >= 4 is 0 Å². The van der Waals surface area contributed by atoms with Gasteiger partial charge in [0.25, 0.3) is 0 Å². The molecule has 0 aliphatic carbocycles. The topological polar surface area (TPSA) is 15.3 Å². The van der Waals surface area contributed by atoms with Gasteiger partial charge in [0.05, 0.1) is 0 Å². The van der Waals surface area contributed by atoms with Crippen molar-refractivity contribution in [3.8, 4) is 0 Å². The van der Waals surface area contributed by atoms with Crippen LogP contribution in [-0.2, 0) is 6.42 Å². The summed E-state index contributed by atoms with van der Waals surface area (Å²) in [5.74, 6) is 0.724. The third-order valence-corrected chi connectivity index (χ3v) is 3.48. The van der Waals surface area contributed by atoms with Crippen molar-refractivity contribution in [1.82, 2.24) is 10.2 Å². The number of nitrogens with zero attached hydrogens (tertiary/aromatic N) is 1. The summed E-state index contributed by atoms with van der Waals surface area (Å²) in [7, 11) is 2.23. The number of benzene rings is 1. The van der Waals surface area contributed by atoms with Crippen molar-refractivity contribution in [2.24, 2.45) is 11.3 Å². The number of likely N-dealkylation sites (N-methyl/N-ethyl adjacent to an activating group) is 1. The Labute approximate surface area is 125 Å². The van der Waals surface area contributed by atoms with Crippen molar-refractivity contribution in [3.05, 3.63) is 35.9 Å². The minimum atomic E-state index is 0.320. The fraction of sp³-hybridized carbons (Fsp3) is 0.667. The molecule has 1 N–H and O–H groups in total. The lowest BCUT2D eigenvalue weighted by Crippen LogP contribution is -2.40. The maximum Gasteiger partial charge on any atom is 0.00419 e. The van der Waals surface area contributed by atoms with E-state index < -0.39 is 0 Å². The van der Waals surface area contributed by atoms with Crippen molar-refractivity contribution in [3.63, 3.8) is 0 Å². The predicted molar refractivity (Wildman–Crippen MR) is 89.1 cm³/mol. The summed E-state index contributed by atoms with van der Waals surface area (Å²) >= 11 is 0. The standard InChI is InChI=1S/C18H32N2/c1-16(2)13-19-14-18(3,4)15-20(5)12-11-17-9-7-6-8-10-17/h6-10,16,19H,11-15H2,1-5H3. The lowest BCUT2D eigenvalue weighted by molar-refractivity contribution is 0.204. The molecular weight excluding hydrogens is 244 g/mol. The first-order valence-electron chi connectivity index (χ1n) is 7.82. The Morgan fingerprint density at radius 1 is 1.15 bits per heavy atom. The van der Waals surface area contributed by atoms with Crippen LogP contribution in [0.3, 0.4) is 0 Å². The second-order valence-corrected chi connectivity index (χ2v) is 7.16. The monoisotopic (exact) mass is 276 g/mol. The van der Waals surface area contributed by atoms with Crippen molar-refractivity contribution in [2.45, 2.75) is 34.1 Å². The fourth-order valence-electron chi connectivity index (χ4n) is 2.53. The minimum absolute atomic E-state index is 0.320. The Morgan fingerprint density at radius 3 is 2.40 bits per heavy atom. The lowest BCUT2D eigenvalue weighted by atomic mass is 9.92. The summed E-state index contributed by atoms with van der Waals surface area (Å²) in [5.41, 5.74) is 1.75. The Bertz CT molecular complexity index is 357. The van der Waals surface area contributed by atoms with E-state index in [2.05, 4.69) is 75.3 Å². The normalized spacial score (nSPS) is 12.3. The van der Waals surface area contributed by atoms with Crippen molar-refractivity contribution in [2.75, 3.05) is 33.2 Å². The molecule has 0 aliphatic heterocycles. The SMILES string of the molecule is CC(C)CNCC(C)(C)CN(C)CCc1ccccc1. The molecule has 2 heteroatoms. The van der Waals surface area contributed by atoms with Gasteiger partial charge >= 0.3 is 0 Å². The molecule has 1 rings (SSSR count). The molecule has 0 aromatic heterocycles. The van der Waals surface area contributed by atoms with Gasteiger partial charge in [-0.05, 0) is 36.9 Å². The molecule has 0 saturated carbocycles. The van der Waals surface area contributed by atoms with Gasteiger partial charge < -0.3 is 10.2 Å². The highest BCUT2D eigenvalue weighted by Crippen LogP contribution is 2.15. The summed E-state index contributed by atoms with van der Waals surface area (Å²) in [5, 5.41) is 3.58. The molecule has 0 atom stereocenters. The number of hydrogen-bond acceptors (Lipinski definition) is 2. The van der Waals surface area contributed by atoms with E-state index in [1.807, 2.05) is 0 Å². The smallest absolute Gasteiger partial charge is 0.00419 e. The van der Waals surface area contributed by atoms with Crippen molar-refractivity contribution < 1.29 is 0 Å². The summed E-state index contributed by atoms with van der Waals surface area (Å²) in [6.45, 7) is 13.7. The van der Waals surface area contributed by atoms with Crippen LogP contribution in [0.25, 0.3) is 0 Å². The van der Waals surface area contributed by atoms with E-state index in [-0.39, 0.29) is 0 Å². The summed E-state index contributed by atoms with van der Waals surface area (Å²) in [4.78, 5) is 2.45. The van der Waals surface area contributed by atoms with Gasteiger partial charge in [-0.1, -0.05) is 58.0 Å². The highest BCUT2D eigenvalue weighted by Gasteiger charge is 2.19. The highest BCUT2D eigenvalue weighted by atomic mass is 15.1. The van der Waals surface area contributed by atoms with E-state index in [9.17, 15) is 0 Å². The summed E-state index contributed by atoms with van der Waals surface area (Å²) in [6.07, 6.45) is 1.13. The average Bonchev–Trinajstić information content (AvgIpc) is 2.36. The van der Waals surface area contributed by atoms with Gasteiger partial charge in [-0.15, -0.1) is 0 Å². The van der Waals surface area contributed by atoms with Crippen molar-refractivity contribution in [1.29, 1.82) is 0 Å². The van der Waals surface area contributed by atoms with Crippen LogP contribution in [-0.4, -0.2) is 38.1 Å². The lowest BCUT2D eigenvalue weighted by Gasteiger charge is -2.31. The molecule has 0 heterocycles. The van der Waals surface area contributed by atoms with Gasteiger partial charge in [-0.3, -0.25) is 0 Å². The zero-order chi connectivity index (χ0) is 15.0. The fourth-order valence-corrected chi connectivity index (χ4v) is 2.53. The van der Waals surface area contributed by atoms with Crippen LogP contribution in [0.1, 0.15) is 33.3 Å². The minimum Gasteiger partial charge on any atom is -0.316 e. The van der Waals surface area contributed by atoms with Crippen LogP contribution in [0.2, 0.25) is 0 Å². The van der Waals surface area contributed by atoms with Gasteiger partial charge in [-0.2, -0.15) is 0 Å². The molecule has 2 nitrogen and oxygen atoms in total. The van der Waals surface area contributed by atoms with E-state index in [4.69, 9.17) is 0 Å². The molecule has 114 valence electrons. The first kappa shape index (κ1) is 17.2. The molecule has 0 fully saturated rings. The van der Waals surface area contributed by atoms with Gasteiger partial charge in [0.15, 0.2) is 0 Å². The molecule has 1 aromatic carbocycles. The largest absolute Gasteiger partial charge is 0.316 e. The maximum absolute atomic E-state index is 3.58. The first-order valence-corrected chi connectivity index (χ1v) is 7.82. The number of hydrogen-bond donors (Lipinski definition) is 1. The molecule has 0 unspecified atom stereocenters. The second-order valence-electron chi connectivity index (χ2n) is 7.16. The van der Waals surface area contributed by atoms with Crippen LogP contribution >= 0.6 is 0 Å². The number of rotatable bonds is 9. The molecule has 0 spiro atoms. The van der Waals surface area contributed by atoms with Crippen LogP contribution < -0.4 is 5.32 Å². The molecule has 0 amide bonds. The van der Waals surface area contributed by atoms with Gasteiger partial charge in [0.2, 0.25) is 0 Å². The van der Waals surface area contributed by atoms with E-state index in [0.717, 1.165) is 38.5 Å². The third-order valence-electron chi connectivity index (χ3n) is 3.48. The zero-order valence-electron chi connectivity index (χ0n) is 13.9. The summed E-state index contributed by atoms with van der Waals surface area (Å²) in [6, 6.07) is 10.7. The average molecular weight is 276 g/mol. The van der Waals surface area contributed by atoms with Crippen LogP contribution in [0, 0.1) is 11.3 Å². The first-order chi connectivity index (χ1) is 9.39. The Kier molecular flexibility index (Phi) is 7.25. The van der Waals surface area contributed by atoms with E-state index in [1.165, 1.54) is 5.56 Å². The zero-order valence-corrected chi connectivity index (χ0v) is 13.9. The molecule has 1 aromatic rings. The van der Waals surface area contributed by atoms with E-state index in [0.29, 0.717) is 5.41 Å². The van der Waals surface area contributed by atoms with Crippen LogP contribution in [0.15, 0.2) is 30.3 Å². The molecular formula is C18H32N2. The maximum atomic E-state index is 3.58. The number of nitrogens with one attached hydrogen (secondary N) is 1. The summed E-state index contributed by atoms with van der Waals surface area (Å²) < 4.78 is 0. The predicted octanol–water partition coefficient (Wildman–Crippen LogP) is 3.43. The molecule has 0 saturated heterocycles. The quantitative estimate of drug-likeness (QED) is 0.743. The molecule has 0 bridgehead atoms. The molecule has 0 radical (unpaired) electrons.